The third-order valence-electron chi connectivity index (χ3n) is 3.83. The van der Waals surface area contributed by atoms with Crippen LogP contribution in [0.2, 0.25) is 0 Å². The lowest BCUT2D eigenvalue weighted by Gasteiger charge is -2.36. The Balaban J connectivity index is 1.62. The fourth-order valence-electron chi connectivity index (χ4n) is 2.64. The SMILES string of the molecule is CC(C)O[C@H]1C[C@H](NC(=O)c2nccc(-c3cncn3C)n2)C1. The second-order valence-corrected chi connectivity index (χ2v) is 6.10. The summed E-state index contributed by atoms with van der Waals surface area (Å²) in [5.74, 6) is -0.0704. The number of carbonyl (C=O) groups is 1. The van der Waals surface area contributed by atoms with Gasteiger partial charge in [0.1, 0.15) is 0 Å². The van der Waals surface area contributed by atoms with Crippen molar-refractivity contribution >= 4 is 5.91 Å². The van der Waals surface area contributed by atoms with E-state index >= 15 is 0 Å². The summed E-state index contributed by atoms with van der Waals surface area (Å²) in [5.41, 5.74) is 1.52. The monoisotopic (exact) mass is 315 g/mol. The molecule has 0 bridgehead atoms. The zero-order chi connectivity index (χ0) is 16.4. The molecule has 0 saturated heterocycles. The molecule has 1 aliphatic carbocycles. The first-order valence-electron chi connectivity index (χ1n) is 7.79. The van der Waals surface area contributed by atoms with Crippen molar-refractivity contribution < 1.29 is 9.53 Å². The van der Waals surface area contributed by atoms with E-state index in [0.29, 0.717) is 5.69 Å². The molecule has 122 valence electrons. The summed E-state index contributed by atoms with van der Waals surface area (Å²) < 4.78 is 7.54. The highest BCUT2D eigenvalue weighted by Gasteiger charge is 2.32. The number of ether oxygens (including phenoxy) is 1. The van der Waals surface area contributed by atoms with Gasteiger partial charge < -0.3 is 14.6 Å². The van der Waals surface area contributed by atoms with Crippen LogP contribution in [0.25, 0.3) is 11.4 Å². The van der Waals surface area contributed by atoms with Gasteiger partial charge in [0.15, 0.2) is 0 Å². The summed E-state index contributed by atoms with van der Waals surface area (Å²) in [5, 5.41) is 2.96. The molecule has 1 fully saturated rings. The van der Waals surface area contributed by atoms with E-state index in [1.807, 2.05) is 25.5 Å². The van der Waals surface area contributed by atoms with Gasteiger partial charge >= 0.3 is 0 Å². The zero-order valence-corrected chi connectivity index (χ0v) is 13.6. The molecule has 0 aliphatic heterocycles. The van der Waals surface area contributed by atoms with Crippen LogP contribution in [0.4, 0.5) is 0 Å². The highest BCUT2D eigenvalue weighted by molar-refractivity contribution is 5.91. The molecule has 0 aromatic carbocycles. The maximum Gasteiger partial charge on any atom is 0.289 e. The first-order valence-corrected chi connectivity index (χ1v) is 7.79. The molecule has 2 heterocycles. The van der Waals surface area contributed by atoms with E-state index in [-0.39, 0.29) is 30.0 Å². The van der Waals surface area contributed by atoms with E-state index in [1.165, 1.54) is 0 Å². The zero-order valence-electron chi connectivity index (χ0n) is 13.6. The van der Waals surface area contributed by atoms with Gasteiger partial charge in [-0.25, -0.2) is 15.0 Å². The molecule has 23 heavy (non-hydrogen) atoms. The quantitative estimate of drug-likeness (QED) is 0.905. The average Bonchev–Trinajstić information content (AvgIpc) is 2.91. The van der Waals surface area contributed by atoms with Gasteiger partial charge in [0.05, 0.1) is 36.1 Å². The summed E-state index contributed by atoms with van der Waals surface area (Å²) in [6, 6.07) is 1.90. The maximum absolute atomic E-state index is 12.3. The number of aryl methyl sites for hydroxylation is 1. The first kappa shape index (κ1) is 15.6. The van der Waals surface area contributed by atoms with Crippen molar-refractivity contribution in [2.24, 2.45) is 7.05 Å². The maximum atomic E-state index is 12.3. The van der Waals surface area contributed by atoms with Crippen LogP contribution in [0.3, 0.4) is 0 Å². The van der Waals surface area contributed by atoms with E-state index in [9.17, 15) is 4.79 Å². The van der Waals surface area contributed by atoms with Crippen molar-refractivity contribution in [2.45, 2.75) is 44.9 Å². The Bertz CT molecular complexity index is 691. The fourth-order valence-corrected chi connectivity index (χ4v) is 2.64. The van der Waals surface area contributed by atoms with E-state index in [0.717, 1.165) is 18.5 Å². The largest absolute Gasteiger partial charge is 0.375 e. The minimum absolute atomic E-state index is 0.134. The predicted molar refractivity (Wildman–Crippen MR) is 84.7 cm³/mol. The summed E-state index contributed by atoms with van der Waals surface area (Å²) >= 11 is 0. The Morgan fingerprint density at radius 1 is 1.43 bits per heavy atom. The van der Waals surface area contributed by atoms with Crippen LogP contribution in [0.1, 0.15) is 37.3 Å². The molecule has 1 saturated carbocycles. The Labute approximate surface area is 135 Å². The number of nitrogens with zero attached hydrogens (tertiary/aromatic N) is 4. The normalized spacial score (nSPS) is 20.3. The van der Waals surface area contributed by atoms with Crippen molar-refractivity contribution in [2.75, 3.05) is 0 Å². The Morgan fingerprint density at radius 2 is 2.22 bits per heavy atom. The van der Waals surface area contributed by atoms with Crippen LogP contribution in [0.15, 0.2) is 24.8 Å². The van der Waals surface area contributed by atoms with Crippen molar-refractivity contribution in [3.05, 3.63) is 30.6 Å². The molecule has 7 heteroatoms. The van der Waals surface area contributed by atoms with Crippen LogP contribution < -0.4 is 5.32 Å². The van der Waals surface area contributed by atoms with Gasteiger partial charge in [-0.1, -0.05) is 0 Å². The van der Waals surface area contributed by atoms with Gasteiger partial charge in [-0.3, -0.25) is 4.79 Å². The molecule has 1 amide bonds. The van der Waals surface area contributed by atoms with Crippen LogP contribution in [-0.2, 0) is 11.8 Å². The molecular formula is C16H21N5O2. The average molecular weight is 315 g/mol. The smallest absolute Gasteiger partial charge is 0.289 e. The van der Waals surface area contributed by atoms with Crippen molar-refractivity contribution in [1.29, 1.82) is 0 Å². The van der Waals surface area contributed by atoms with Gasteiger partial charge in [0.25, 0.3) is 5.91 Å². The molecule has 2 aromatic heterocycles. The number of rotatable bonds is 5. The number of aromatic nitrogens is 4. The first-order chi connectivity index (χ1) is 11.0. The molecule has 7 nitrogen and oxygen atoms in total. The number of nitrogens with one attached hydrogen (secondary N) is 1. The number of hydrogen-bond donors (Lipinski definition) is 1. The highest BCUT2D eigenvalue weighted by atomic mass is 16.5. The van der Waals surface area contributed by atoms with Gasteiger partial charge in [-0.15, -0.1) is 0 Å². The fraction of sp³-hybridized carbons (Fsp3) is 0.500. The third-order valence-corrected chi connectivity index (χ3v) is 3.83. The Hall–Kier alpha value is -2.28. The third kappa shape index (κ3) is 3.56. The number of imidazole rings is 1. The van der Waals surface area contributed by atoms with Crippen LogP contribution in [0.5, 0.6) is 0 Å². The molecule has 0 unspecified atom stereocenters. The Kier molecular flexibility index (Phi) is 4.38. The molecular weight excluding hydrogens is 294 g/mol. The topological polar surface area (TPSA) is 81.9 Å². The van der Waals surface area contributed by atoms with Gasteiger partial charge in [0, 0.05) is 19.3 Å². The van der Waals surface area contributed by atoms with Crippen LogP contribution in [0, 0.1) is 0 Å². The number of amides is 1. The summed E-state index contributed by atoms with van der Waals surface area (Å²) in [6.45, 7) is 4.04. The van der Waals surface area contributed by atoms with E-state index in [4.69, 9.17) is 4.74 Å². The predicted octanol–water partition coefficient (Wildman–Crippen LogP) is 1.56. The second-order valence-electron chi connectivity index (χ2n) is 6.10. The molecule has 0 spiro atoms. The molecule has 3 rings (SSSR count). The van der Waals surface area contributed by atoms with E-state index in [1.54, 1.807) is 24.8 Å². The minimum Gasteiger partial charge on any atom is -0.375 e. The summed E-state index contributed by atoms with van der Waals surface area (Å²) in [6.07, 6.45) is 7.13. The van der Waals surface area contributed by atoms with E-state index in [2.05, 4.69) is 20.3 Å². The number of hydrogen-bond acceptors (Lipinski definition) is 5. The Morgan fingerprint density at radius 3 is 2.87 bits per heavy atom. The summed E-state index contributed by atoms with van der Waals surface area (Å²) in [7, 11) is 1.88. The van der Waals surface area contributed by atoms with Crippen molar-refractivity contribution in [3.63, 3.8) is 0 Å². The van der Waals surface area contributed by atoms with Gasteiger partial charge in [-0.2, -0.15) is 0 Å². The van der Waals surface area contributed by atoms with E-state index < -0.39 is 0 Å². The van der Waals surface area contributed by atoms with Gasteiger partial charge in [-0.05, 0) is 32.8 Å². The minimum atomic E-state index is -0.248. The lowest BCUT2D eigenvalue weighted by atomic mass is 9.89. The van der Waals surface area contributed by atoms with Gasteiger partial charge in [0.2, 0.25) is 5.82 Å². The lowest BCUT2D eigenvalue weighted by Crippen LogP contribution is -2.48. The van der Waals surface area contributed by atoms with Crippen molar-refractivity contribution in [1.82, 2.24) is 24.8 Å². The van der Waals surface area contributed by atoms with Crippen LogP contribution >= 0.6 is 0 Å². The highest BCUT2D eigenvalue weighted by Crippen LogP contribution is 2.24. The molecule has 1 N–H and O–H groups in total. The lowest BCUT2D eigenvalue weighted by molar-refractivity contribution is -0.0482. The molecule has 0 atom stereocenters. The second kappa shape index (κ2) is 6.45. The standard InChI is InChI=1S/C16H21N5O2/c1-10(2)23-12-6-11(7-12)19-16(22)15-18-5-4-13(20-15)14-8-17-9-21(14)3/h4-5,8-12H,6-7H2,1-3H3,(H,19,22)/t11-,12-. The molecule has 2 aromatic rings. The van der Waals surface area contributed by atoms with Crippen LogP contribution in [-0.4, -0.2) is 43.7 Å². The molecule has 1 aliphatic rings. The summed E-state index contributed by atoms with van der Waals surface area (Å²) in [4.78, 5) is 24.8. The number of carbonyl (C=O) groups excluding carboxylic acids is 1. The molecule has 0 radical (unpaired) electrons. The van der Waals surface area contributed by atoms with Crippen molar-refractivity contribution in [3.8, 4) is 11.4 Å².